The minimum Gasteiger partial charge on any atom is -0.469 e. The average Bonchev–Trinajstić information content (AvgIpc) is 2.30. The molecule has 0 amide bonds. The van der Waals surface area contributed by atoms with Gasteiger partial charge in [0.25, 0.3) is 0 Å². The van der Waals surface area contributed by atoms with E-state index in [1.165, 1.54) is 34.9 Å². The lowest BCUT2D eigenvalue weighted by molar-refractivity contribution is -0.139. The fourth-order valence-electron chi connectivity index (χ4n) is 1.85. The van der Waals surface area contributed by atoms with Crippen molar-refractivity contribution in [2.24, 2.45) is 0 Å². The lowest BCUT2D eigenvalue weighted by atomic mass is 9.94. The van der Waals surface area contributed by atoms with Crippen LogP contribution in [0.3, 0.4) is 0 Å². The summed E-state index contributed by atoms with van der Waals surface area (Å²) in [6.07, 6.45) is 4.20. The van der Waals surface area contributed by atoms with Gasteiger partial charge in [-0.25, -0.2) is 0 Å². The smallest absolute Gasteiger partial charge is 0.309 e. The van der Waals surface area contributed by atoms with Crippen LogP contribution in [0.1, 0.15) is 34.2 Å². The summed E-state index contributed by atoms with van der Waals surface area (Å²) in [7, 11) is 1.41. The number of aryl methyl sites for hydroxylation is 2. The number of methoxy groups -OCH3 is 1. The second-order valence-corrected chi connectivity index (χ2v) is 4.36. The normalized spacial score (nSPS) is 10.9. The number of rotatable bonds is 3. The number of ether oxygens (including phenoxy) is 1. The van der Waals surface area contributed by atoms with E-state index in [2.05, 4.69) is 38.5 Å². The van der Waals surface area contributed by atoms with Crippen molar-refractivity contribution in [2.45, 2.75) is 34.1 Å². The van der Waals surface area contributed by atoms with Crippen LogP contribution in [-0.4, -0.2) is 13.1 Å². The van der Waals surface area contributed by atoms with Crippen LogP contribution in [-0.2, 0) is 9.53 Å². The zero-order valence-electron chi connectivity index (χ0n) is 11.3. The van der Waals surface area contributed by atoms with Gasteiger partial charge in [0.05, 0.1) is 13.5 Å². The van der Waals surface area contributed by atoms with Gasteiger partial charge >= 0.3 is 5.97 Å². The molecular weight excluding hydrogens is 212 g/mol. The van der Waals surface area contributed by atoms with Crippen molar-refractivity contribution in [2.75, 3.05) is 7.11 Å². The van der Waals surface area contributed by atoms with Crippen LogP contribution in [0.4, 0.5) is 0 Å². The molecule has 0 bridgehead atoms. The van der Waals surface area contributed by atoms with Gasteiger partial charge in [-0.1, -0.05) is 18.2 Å². The zero-order chi connectivity index (χ0) is 13.0. The molecule has 0 aliphatic carbocycles. The Morgan fingerprint density at radius 2 is 1.71 bits per heavy atom. The van der Waals surface area contributed by atoms with Crippen LogP contribution in [0.15, 0.2) is 12.1 Å². The van der Waals surface area contributed by atoms with E-state index >= 15 is 0 Å². The standard InChI is InChI=1S/C15H20O2/c1-10-9-11(2)13(4)14(12(10)3)7-6-8-15(16)17-5/h6-7,9H,8H2,1-5H3. The van der Waals surface area contributed by atoms with E-state index in [4.69, 9.17) is 0 Å². The molecule has 92 valence electrons. The fraction of sp³-hybridized carbons (Fsp3) is 0.400. The number of benzene rings is 1. The highest BCUT2D eigenvalue weighted by atomic mass is 16.5. The van der Waals surface area contributed by atoms with Gasteiger partial charge in [0.15, 0.2) is 0 Å². The van der Waals surface area contributed by atoms with Crippen LogP contribution in [0.2, 0.25) is 0 Å². The second kappa shape index (κ2) is 5.67. The van der Waals surface area contributed by atoms with Gasteiger partial charge < -0.3 is 4.74 Å². The molecule has 0 saturated heterocycles. The third-order valence-corrected chi connectivity index (χ3v) is 3.22. The van der Waals surface area contributed by atoms with Crippen molar-refractivity contribution in [3.63, 3.8) is 0 Å². The third kappa shape index (κ3) is 3.19. The lowest BCUT2D eigenvalue weighted by Gasteiger charge is -2.12. The number of esters is 1. The summed E-state index contributed by atoms with van der Waals surface area (Å²) in [6, 6.07) is 2.20. The Kier molecular flexibility index (Phi) is 4.50. The maximum absolute atomic E-state index is 11.0. The molecule has 0 spiro atoms. The molecule has 0 aliphatic heterocycles. The van der Waals surface area contributed by atoms with Crippen LogP contribution >= 0.6 is 0 Å². The molecule has 0 aliphatic rings. The molecule has 0 radical (unpaired) electrons. The molecule has 2 heteroatoms. The molecule has 17 heavy (non-hydrogen) atoms. The molecule has 0 atom stereocenters. The fourth-order valence-corrected chi connectivity index (χ4v) is 1.85. The first-order chi connectivity index (χ1) is 7.97. The molecule has 1 aromatic carbocycles. The van der Waals surface area contributed by atoms with Crippen molar-refractivity contribution < 1.29 is 9.53 Å². The molecule has 0 aromatic heterocycles. The highest BCUT2D eigenvalue weighted by Gasteiger charge is 2.05. The first-order valence-electron chi connectivity index (χ1n) is 5.78. The van der Waals surface area contributed by atoms with Crippen molar-refractivity contribution >= 4 is 12.0 Å². The van der Waals surface area contributed by atoms with E-state index in [-0.39, 0.29) is 5.97 Å². The predicted molar refractivity (Wildman–Crippen MR) is 71.1 cm³/mol. The minimum absolute atomic E-state index is 0.207. The summed E-state index contributed by atoms with van der Waals surface area (Å²) in [5.41, 5.74) is 6.33. The van der Waals surface area contributed by atoms with Gasteiger partial charge in [-0.05, 0) is 55.5 Å². The maximum Gasteiger partial charge on any atom is 0.309 e. The van der Waals surface area contributed by atoms with E-state index in [0.717, 1.165) is 0 Å². The predicted octanol–water partition coefficient (Wildman–Crippen LogP) is 3.50. The first-order valence-corrected chi connectivity index (χ1v) is 5.78. The van der Waals surface area contributed by atoms with Gasteiger partial charge in [-0.3, -0.25) is 4.79 Å². The van der Waals surface area contributed by atoms with Gasteiger partial charge in [-0.2, -0.15) is 0 Å². The monoisotopic (exact) mass is 232 g/mol. The molecule has 1 aromatic rings. The summed E-state index contributed by atoms with van der Waals surface area (Å²) in [5, 5.41) is 0. The Bertz CT molecular complexity index is 430. The molecule has 0 saturated carbocycles. The Labute approximate surface area is 103 Å². The lowest BCUT2D eigenvalue weighted by Crippen LogP contribution is -1.97. The van der Waals surface area contributed by atoms with Crippen molar-refractivity contribution in [1.29, 1.82) is 0 Å². The van der Waals surface area contributed by atoms with E-state index < -0.39 is 0 Å². The van der Waals surface area contributed by atoms with Crippen LogP contribution < -0.4 is 0 Å². The quantitative estimate of drug-likeness (QED) is 0.746. The summed E-state index contributed by atoms with van der Waals surface area (Å²) >= 11 is 0. The van der Waals surface area contributed by atoms with E-state index in [1.807, 2.05) is 12.2 Å². The van der Waals surface area contributed by atoms with E-state index in [9.17, 15) is 4.79 Å². The number of hydrogen-bond donors (Lipinski definition) is 0. The average molecular weight is 232 g/mol. The highest BCUT2D eigenvalue weighted by Crippen LogP contribution is 2.22. The molecular formula is C15H20O2. The topological polar surface area (TPSA) is 26.3 Å². The van der Waals surface area contributed by atoms with Gasteiger partial charge in [-0.15, -0.1) is 0 Å². The SMILES string of the molecule is COC(=O)CC=Cc1c(C)c(C)cc(C)c1C. The van der Waals surface area contributed by atoms with Crippen molar-refractivity contribution in [3.05, 3.63) is 40.0 Å². The highest BCUT2D eigenvalue weighted by molar-refractivity contribution is 5.73. The van der Waals surface area contributed by atoms with Crippen LogP contribution in [0.5, 0.6) is 0 Å². The van der Waals surface area contributed by atoms with Crippen LogP contribution in [0, 0.1) is 27.7 Å². The Balaban J connectivity index is 3.02. The Hall–Kier alpha value is -1.57. The van der Waals surface area contributed by atoms with E-state index in [1.54, 1.807) is 0 Å². The summed E-state index contributed by atoms with van der Waals surface area (Å²) in [4.78, 5) is 11.0. The number of carbonyl (C=O) groups is 1. The molecule has 0 unspecified atom stereocenters. The first kappa shape index (κ1) is 13.5. The summed E-state index contributed by atoms with van der Waals surface area (Å²) in [5.74, 6) is -0.207. The minimum atomic E-state index is -0.207. The second-order valence-electron chi connectivity index (χ2n) is 4.36. The number of hydrogen-bond acceptors (Lipinski definition) is 2. The Morgan fingerprint density at radius 1 is 1.18 bits per heavy atom. The molecule has 0 fully saturated rings. The zero-order valence-corrected chi connectivity index (χ0v) is 11.3. The van der Waals surface area contributed by atoms with Gasteiger partial charge in [0, 0.05) is 0 Å². The van der Waals surface area contributed by atoms with E-state index in [0.29, 0.717) is 6.42 Å². The van der Waals surface area contributed by atoms with Crippen molar-refractivity contribution in [1.82, 2.24) is 0 Å². The summed E-state index contributed by atoms with van der Waals surface area (Å²) < 4.78 is 4.61. The number of carbonyl (C=O) groups excluding carboxylic acids is 1. The Morgan fingerprint density at radius 3 is 2.18 bits per heavy atom. The largest absolute Gasteiger partial charge is 0.469 e. The maximum atomic E-state index is 11.0. The van der Waals surface area contributed by atoms with Gasteiger partial charge in [0.2, 0.25) is 0 Å². The van der Waals surface area contributed by atoms with Crippen molar-refractivity contribution in [3.8, 4) is 0 Å². The third-order valence-electron chi connectivity index (χ3n) is 3.22. The molecule has 0 heterocycles. The van der Waals surface area contributed by atoms with Crippen LogP contribution in [0.25, 0.3) is 6.08 Å². The molecule has 1 rings (SSSR count). The molecule has 0 N–H and O–H groups in total. The summed E-state index contributed by atoms with van der Waals surface area (Å²) in [6.45, 7) is 8.44. The molecule has 2 nitrogen and oxygen atoms in total. The van der Waals surface area contributed by atoms with Gasteiger partial charge in [0.1, 0.15) is 0 Å².